The number of hydrogen-bond donors (Lipinski definition) is 2. The van der Waals surface area contributed by atoms with E-state index in [4.69, 9.17) is 14.2 Å². The van der Waals surface area contributed by atoms with Crippen molar-refractivity contribution in [2.45, 2.75) is 26.3 Å². The molecule has 28 heavy (non-hydrogen) atoms. The molecule has 9 nitrogen and oxygen atoms in total. The van der Waals surface area contributed by atoms with Crippen LogP contribution in [0.3, 0.4) is 0 Å². The van der Waals surface area contributed by atoms with E-state index in [2.05, 4.69) is 10.6 Å². The third-order valence-corrected chi connectivity index (χ3v) is 3.98. The van der Waals surface area contributed by atoms with Gasteiger partial charge in [-0.1, -0.05) is 6.07 Å². The molecule has 0 saturated carbocycles. The average molecular weight is 395 g/mol. The first-order valence-corrected chi connectivity index (χ1v) is 8.98. The summed E-state index contributed by atoms with van der Waals surface area (Å²) in [5.74, 6) is 0.486. The van der Waals surface area contributed by atoms with Gasteiger partial charge in [0.15, 0.2) is 11.5 Å². The Morgan fingerprint density at radius 2 is 1.82 bits per heavy atom. The lowest BCUT2D eigenvalue weighted by atomic mass is 10.1. The van der Waals surface area contributed by atoms with Crippen LogP contribution in [0.5, 0.6) is 11.5 Å². The zero-order valence-corrected chi connectivity index (χ0v) is 17.0. The van der Waals surface area contributed by atoms with Gasteiger partial charge in [-0.15, -0.1) is 0 Å². The molecule has 1 aromatic carbocycles. The van der Waals surface area contributed by atoms with Crippen LogP contribution in [0.15, 0.2) is 18.2 Å². The molecule has 9 heteroatoms. The van der Waals surface area contributed by atoms with Crippen molar-refractivity contribution in [1.29, 1.82) is 0 Å². The fraction of sp³-hybridized carbons (Fsp3) is 0.526. The highest BCUT2D eigenvalue weighted by Crippen LogP contribution is 2.27. The molecule has 2 N–H and O–H groups in total. The van der Waals surface area contributed by atoms with Crippen molar-refractivity contribution < 1.29 is 28.6 Å². The SMILES string of the molecule is CCOC(=O)CNC(=O)NC(C)C(=O)N(C)CCc1ccc(OC)c(OC)c1. The Kier molecular flexibility index (Phi) is 9.63. The van der Waals surface area contributed by atoms with Crippen LogP contribution in [0.25, 0.3) is 0 Å². The third kappa shape index (κ3) is 7.34. The Morgan fingerprint density at radius 3 is 2.43 bits per heavy atom. The third-order valence-electron chi connectivity index (χ3n) is 3.98. The maximum atomic E-state index is 12.4. The fourth-order valence-corrected chi connectivity index (χ4v) is 2.45. The van der Waals surface area contributed by atoms with E-state index in [1.807, 2.05) is 18.2 Å². The van der Waals surface area contributed by atoms with E-state index in [0.717, 1.165) is 5.56 Å². The summed E-state index contributed by atoms with van der Waals surface area (Å²) in [5, 5.41) is 4.86. The van der Waals surface area contributed by atoms with Crippen LogP contribution in [0.2, 0.25) is 0 Å². The second-order valence-corrected chi connectivity index (χ2v) is 6.05. The topological polar surface area (TPSA) is 106 Å². The minimum atomic E-state index is -0.738. The summed E-state index contributed by atoms with van der Waals surface area (Å²) < 4.78 is 15.2. The van der Waals surface area contributed by atoms with Crippen molar-refractivity contribution in [3.63, 3.8) is 0 Å². The normalized spacial score (nSPS) is 11.2. The van der Waals surface area contributed by atoms with Crippen molar-refractivity contribution in [2.24, 2.45) is 0 Å². The highest BCUT2D eigenvalue weighted by molar-refractivity contribution is 5.87. The number of ether oxygens (including phenoxy) is 3. The monoisotopic (exact) mass is 395 g/mol. The molecule has 0 spiro atoms. The molecule has 0 aliphatic carbocycles. The number of esters is 1. The minimum absolute atomic E-state index is 0.238. The van der Waals surface area contributed by atoms with Gasteiger partial charge in [-0.25, -0.2) is 4.79 Å². The fourth-order valence-electron chi connectivity index (χ4n) is 2.45. The number of nitrogens with zero attached hydrogens (tertiary/aromatic N) is 1. The lowest BCUT2D eigenvalue weighted by molar-refractivity contribution is -0.141. The summed E-state index contributed by atoms with van der Waals surface area (Å²) in [6.07, 6.45) is 0.615. The zero-order chi connectivity index (χ0) is 21.1. The van der Waals surface area contributed by atoms with Crippen LogP contribution < -0.4 is 20.1 Å². The van der Waals surface area contributed by atoms with E-state index >= 15 is 0 Å². The van der Waals surface area contributed by atoms with E-state index in [9.17, 15) is 14.4 Å². The molecule has 1 aromatic rings. The van der Waals surface area contributed by atoms with Gasteiger partial charge in [0.1, 0.15) is 12.6 Å². The second kappa shape index (κ2) is 11.7. The maximum Gasteiger partial charge on any atom is 0.325 e. The molecule has 3 amide bonds. The first-order valence-electron chi connectivity index (χ1n) is 8.98. The molecule has 0 aliphatic rings. The molecule has 0 aliphatic heterocycles. The average Bonchev–Trinajstić information content (AvgIpc) is 2.69. The Balaban J connectivity index is 2.48. The molecule has 0 fully saturated rings. The number of rotatable bonds is 10. The maximum absolute atomic E-state index is 12.4. The van der Waals surface area contributed by atoms with Crippen molar-refractivity contribution in [2.75, 3.05) is 41.0 Å². The number of nitrogens with one attached hydrogen (secondary N) is 2. The van der Waals surface area contributed by atoms with E-state index in [-0.39, 0.29) is 19.1 Å². The van der Waals surface area contributed by atoms with Crippen LogP contribution in [-0.2, 0) is 20.7 Å². The summed E-state index contributed by atoms with van der Waals surface area (Å²) in [5.41, 5.74) is 0.991. The number of methoxy groups -OCH3 is 2. The molecule has 0 saturated heterocycles. The van der Waals surface area contributed by atoms with E-state index < -0.39 is 18.0 Å². The van der Waals surface area contributed by atoms with Gasteiger partial charge in [-0.05, 0) is 38.0 Å². The van der Waals surface area contributed by atoms with Crippen LogP contribution in [0, 0.1) is 0 Å². The van der Waals surface area contributed by atoms with Crippen LogP contribution >= 0.6 is 0 Å². The molecule has 1 unspecified atom stereocenters. The van der Waals surface area contributed by atoms with Gasteiger partial charge in [0.25, 0.3) is 0 Å². The standard InChI is InChI=1S/C19H29N3O6/c1-6-28-17(23)12-20-19(25)21-13(2)18(24)22(3)10-9-14-7-8-15(26-4)16(11-14)27-5/h7-8,11,13H,6,9-10,12H2,1-5H3,(H2,20,21,25). The molecular weight excluding hydrogens is 366 g/mol. The summed E-state index contributed by atoms with van der Waals surface area (Å²) >= 11 is 0. The molecule has 0 bridgehead atoms. The van der Waals surface area contributed by atoms with Crippen molar-refractivity contribution in [3.8, 4) is 11.5 Å². The molecule has 0 aromatic heterocycles. The zero-order valence-electron chi connectivity index (χ0n) is 17.0. The summed E-state index contributed by atoms with van der Waals surface area (Å²) in [4.78, 5) is 36.9. The van der Waals surface area contributed by atoms with Gasteiger partial charge in [0.05, 0.1) is 20.8 Å². The first-order chi connectivity index (χ1) is 13.3. The van der Waals surface area contributed by atoms with E-state index in [1.165, 1.54) is 4.90 Å². The molecule has 0 radical (unpaired) electrons. The predicted molar refractivity (Wildman–Crippen MR) is 104 cm³/mol. The van der Waals surface area contributed by atoms with Crippen molar-refractivity contribution in [1.82, 2.24) is 15.5 Å². The van der Waals surface area contributed by atoms with Gasteiger partial charge >= 0.3 is 12.0 Å². The largest absolute Gasteiger partial charge is 0.493 e. The van der Waals surface area contributed by atoms with Gasteiger partial charge in [0, 0.05) is 13.6 Å². The lowest BCUT2D eigenvalue weighted by Crippen LogP contribution is -2.50. The van der Waals surface area contributed by atoms with Crippen LogP contribution in [0.1, 0.15) is 19.4 Å². The number of carbonyl (C=O) groups excluding carboxylic acids is 3. The van der Waals surface area contributed by atoms with Gasteiger partial charge in [-0.3, -0.25) is 9.59 Å². The lowest BCUT2D eigenvalue weighted by Gasteiger charge is -2.22. The smallest absolute Gasteiger partial charge is 0.325 e. The Bertz CT molecular complexity index is 680. The quantitative estimate of drug-likeness (QED) is 0.572. The number of hydrogen-bond acceptors (Lipinski definition) is 6. The number of benzene rings is 1. The predicted octanol–water partition coefficient (Wildman–Crippen LogP) is 0.956. The second-order valence-electron chi connectivity index (χ2n) is 6.05. The van der Waals surface area contributed by atoms with Gasteiger partial charge < -0.3 is 29.7 Å². The highest BCUT2D eigenvalue weighted by Gasteiger charge is 2.19. The Labute approximate surface area is 165 Å². The molecule has 1 rings (SSSR count). The summed E-state index contributed by atoms with van der Waals surface area (Å²) in [6.45, 7) is 3.71. The number of urea groups is 1. The number of likely N-dealkylation sites (N-methyl/N-ethyl adjacent to an activating group) is 1. The molecule has 156 valence electrons. The van der Waals surface area contributed by atoms with Crippen LogP contribution in [0.4, 0.5) is 4.79 Å². The first kappa shape index (κ1) is 23.1. The molecule has 0 heterocycles. The molecule has 1 atom stereocenters. The van der Waals surface area contributed by atoms with Gasteiger partial charge in [-0.2, -0.15) is 0 Å². The van der Waals surface area contributed by atoms with Gasteiger partial charge in [0.2, 0.25) is 5.91 Å². The molecular formula is C19H29N3O6. The van der Waals surface area contributed by atoms with E-state index in [0.29, 0.717) is 24.5 Å². The Morgan fingerprint density at radius 1 is 1.14 bits per heavy atom. The van der Waals surface area contributed by atoms with Crippen LogP contribution in [-0.4, -0.2) is 69.8 Å². The number of amides is 3. The highest BCUT2D eigenvalue weighted by atomic mass is 16.5. The Hall–Kier alpha value is -2.97. The van der Waals surface area contributed by atoms with Crippen molar-refractivity contribution in [3.05, 3.63) is 23.8 Å². The minimum Gasteiger partial charge on any atom is -0.493 e. The number of carbonyl (C=O) groups is 3. The summed E-state index contributed by atoms with van der Waals surface area (Å²) in [6, 6.07) is 4.24. The van der Waals surface area contributed by atoms with Crippen molar-refractivity contribution >= 4 is 17.9 Å². The van der Waals surface area contributed by atoms with E-state index in [1.54, 1.807) is 35.1 Å². The summed E-state index contributed by atoms with van der Waals surface area (Å²) in [7, 11) is 4.80.